The summed E-state index contributed by atoms with van der Waals surface area (Å²) in [5, 5.41) is 19.0. The lowest BCUT2D eigenvalue weighted by atomic mass is 9.98. The standard InChI is InChI=1S/C14H25N5O2/c1-9(2)12-13(19(20)21)14(18(3)17-12)16-11(8-15)10-6-4-5-7-10/h9-11,16H,4-8,15H2,1-3H3. The summed E-state index contributed by atoms with van der Waals surface area (Å²) in [6, 6.07) is 0.0709. The average molecular weight is 295 g/mol. The Balaban J connectivity index is 2.31. The van der Waals surface area contributed by atoms with Gasteiger partial charge in [-0.3, -0.25) is 10.1 Å². The number of aromatic nitrogens is 2. The van der Waals surface area contributed by atoms with Crippen LogP contribution >= 0.6 is 0 Å². The predicted molar refractivity (Wildman–Crippen MR) is 82.4 cm³/mol. The zero-order chi connectivity index (χ0) is 15.6. The van der Waals surface area contributed by atoms with Gasteiger partial charge in [-0.05, 0) is 18.8 Å². The summed E-state index contributed by atoms with van der Waals surface area (Å²) in [4.78, 5) is 11.1. The molecule has 1 saturated carbocycles. The summed E-state index contributed by atoms with van der Waals surface area (Å²) in [5.74, 6) is 0.980. The van der Waals surface area contributed by atoms with Crippen LogP contribution in [-0.4, -0.2) is 27.3 Å². The second-order valence-electron chi connectivity index (χ2n) is 6.15. The maximum absolute atomic E-state index is 11.4. The van der Waals surface area contributed by atoms with Gasteiger partial charge in [-0.15, -0.1) is 0 Å². The zero-order valence-corrected chi connectivity index (χ0v) is 13.0. The van der Waals surface area contributed by atoms with Crippen molar-refractivity contribution in [2.75, 3.05) is 11.9 Å². The van der Waals surface area contributed by atoms with Gasteiger partial charge in [0.05, 0.1) is 4.92 Å². The van der Waals surface area contributed by atoms with Gasteiger partial charge in [0, 0.05) is 25.6 Å². The summed E-state index contributed by atoms with van der Waals surface area (Å²) in [5.41, 5.74) is 6.49. The molecule has 3 N–H and O–H groups in total. The molecule has 1 aromatic heterocycles. The average Bonchev–Trinajstić information content (AvgIpc) is 3.03. The molecule has 118 valence electrons. The third-order valence-electron chi connectivity index (χ3n) is 4.32. The van der Waals surface area contributed by atoms with Gasteiger partial charge in [0.15, 0.2) is 0 Å². The van der Waals surface area contributed by atoms with E-state index in [1.54, 1.807) is 11.7 Å². The molecule has 1 aromatic rings. The lowest BCUT2D eigenvalue weighted by Crippen LogP contribution is -2.36. The highest BCUT2D eigenvalue weighted by Gasteiger charge is 2.32. The Morgan fingerprint density at radius 1 is 1.48 bits per heavy atom. The molecule has 0 aromatic carbocycles. The maximum Gasteiger partial charge on any atom is 0.334 e. The fraction of sp³-hybridized carbons (Fsp3) is 0.786. The van der Waals surface area contributed by atoms with Crippen molar-refractivity contribution in [2.24, 2.45) is 18.7 Å². The first kappa shape index (κ1) is 15.8. The molecule has 0 saturated heterocycles. The largest absolute Gasteiger partial charge is 0.360 e. The van der Waals surface area contributed by atoms with Crippen molar-refractivity contribution in [1.29, 1.82) is 0 Å². The van der Waals surface area contributed by atoms with Crippen molar-refractivity contribution < 1.29 is 4.92 Å². The molecule has 0 bridgehead atoms. The molecule has 1 atom stereocenters. The molecule has 1 heterocycles. The van der Waals surface area contributed by atoms with Gasteiger partial charge < -0.3 is 11.1 Å². The molecule has 1 fully saturated rings. The van der Waals surface area contributed by atoms with Gasteiger partial charge >= 0.3 is 5.69 Å². The van der Waals surface area contributed by atoms with Crippen LogP contribution in [0.1, 0.15) is 51.1 Å². The predicted octanol–water partition coefficient (Wildman–Crippen LogP) is 2.38. The maximum atomic E-state index is 11.4. The van der Waals surface area contributed by atoms with Crippen LogP contribution in [0.5, 0.6) is 0 Å². The first-order chi connectivity index (χ1) is 9.95. The Hall–Kier alpha value is -1.63. The Morgan fingerprint density at radius 2 is 2.10 bits per heavy atom. The number of nitrogens with two attached hydrogens (primary N) is 1. The van der Waals surface area contributed by atoms with Crippen molar-refractivity contribution >= 4 is 11.5 Å². The minimum Gasteiger partial charge on any atom is -0.360 e. The summed E-state index contributed by atoms with van der Waals surface area (Å²) in [7, 11) is 1.74. The Morgan fingerprint density at radius 3 is 2.57 bits per heavy atom. The molecule has 0 radical (unpaired) electrons. The van der Waals surface area contributed by atoms with Gasteiger partial charge in [0.2, 0.25) is 5.82 Å². The number of nitrogens with one attached hydrogen (secondary N) is 1. The zero-order valence-electron chi connectivity index (χ0n) is 13.0. The molecule has 1 aliphatic carbocycles. The van der Waals surface area contributed by atoms with E-state index < -0.39 is 0 Å². The molecule has 21 heavy (non-hydrogen) atoms. The van der Waals surface area contributed by atoms with Gasteiger partial charge in [0.25, 0.3) is 0 Å². The second-order valence-corrected chi connectivity index (χ2v) is 6.15. The fourth-order valence-corrected chi connectivity index (χ4v) is 3.17. The number of nitro groups is 1. The molecule has 7 heteroatoms. The smallest absolute Gasteiger partial charge is 0.334 e. The molecule has 7 nitrogen and oxygen atoms in total. The minimum absolute atomic E-state index is 0.00922. The molecular formula is C14H25N5O2. The van der Waals surface area contributed by atoms with Gasteiger partial charge in [-0.1, -0.05) is 26.7 Å². The molecule has 2 rings (SSSR count). The Kier molecular flexibility index (Phi) is 4.82. The van der Waals surface area contributed by atoms with E-state index in [2.05, 4.69) is 10.4 Å². The summed E-state index contributed by atoms with van der Waals surface area (Å²) in [6.07, 6.45) is 4.70. The normalized spacial score (nSPS) is 17.4. The number of hydrogen-bond acceptors (Lipinski definition) is 5. The molecule has 1 unspecified atom stereocenters. The summed E-state index contributed by atoms with van der Waals surface area (Å²) in [6.45, 7) is 4.30. The van der Waals surface area contributed by atoms with Crippen LogP contribution in [-0.2, 0) is 7.05 Å². The highest BCUT2D eigenvalue weighted by Crippen LogP contribution is 2.35. The number of anilines is 1. The van der Waals surface area contributed by atoms with E-state index in [0.717, 1.165) is 12.8 Å². The molecule has 0 aliphatic heterocycles. The number of nitrogens with zero attached hydrogens (tertiary/aromatic N) is 3. The van der Waals surface area contributed by atoms with Crippen molar-refractivity contribution in [3.8, 4) is 0 Å². The van der Waals surface area contributed by atoms with E-state index >= 15 is 0 Å². The van der Waals surface area contributed by atoms with E-state index in [1.807, 2.05) is 13.8 Å². The SMILES string of the molecule is CC(C)c1nn(C)c(NC(CN)C2CCCC2)c1[N+](=O)[O-]. The first-order valence-corrected chi connectivity index (χ1v) is 7.63. The van der Waals surface area contributed by atoms with Crippen LogP contribution in [0.3, 0.4) is 0 Å². The molecule has 0 amide bonds. The summed E-state index contributed by atoms with van der Waals surface area (Å²) >= 11 is 0. The van der Waals surface area contributed by atoms with Gasteiger partial charge in [-0.2, -0.15) is 5.10 Å². The van der Waals surface area contributed by atoms with E-state index in [4.69, 9.17) is 5.73 Å². The van der Waals surface area contributed by atoms with Crippen LogP contribution in [0, 0.1) is 16.0 Å². The molecule has 0 spiro atoms. The van der Waals surface area contributed by atoms with Gasteiger partial charge in [-0.25, -0.2) is 4.68 Å². The minimum atomic E-state index is -0.340. The number of aryl methyl sites for hydroxylation is 1. The van der Waals surface area contributed by atoms with Crippen LogP contribution in [0.25, 0.3) is 0 Å². The number of rotatable bonds is 6. The second kappa shape index (κ2) is 6.43. The number of hydrogen-bond donors (Lipinski definition) is 2. The monoisotopic (exact) mass is 295 g/mol. The first-order valence-electron chi connectivity index (χ1n) is 7.63. The van der Waals surface area contributed by atoms with E-state index in [9.17, 15) is 10.1 Å². The van der Waals surface area contributed by atoms with Crippen molar-refractivity contribution in [2.45, 2.75) is 51.5 Å². The Labute approximate surface area is 125 Å². The third kappa shape index (κ3) is 3.18. The van der Waals surface area contributed by atoms with Crippen LogP contribution in [0.4, 0.5) is 11.5 Å². The highest BCUT2D eigenvalue weighted by molar-refractivity contribution is 5.61. The fourth-order valence-electron chi connectivity index (χ4n) is 3.17. The van der Waals surface area contributed by atoms with E-state index in [-0.39, 0.29) is 22.6 Å². The van der Waals surface area contributed by atoms with Crippen molar-refractivity contribution in [1.82, 2.24) is 9.78 Å². The third-order valence-corrected chi connectivity index (χ3v) is 4.32. The molecular weight excluding hydrogens is 270 g/mol. The van der Waals surface area contributed by atoms with Crippen LogP contribution < -0.4 is 11.1 Å². The Bertz CT molecular complexity index is 506. The molecule has 1 aliphatic rings. The van der Waals surface area contributed by atoms with Crippen LogP contribution in [0.2, 0.25) is 0 Å². The highest BCUT2D eigenvalue weighted by atomic mass is 16.6. The van der Waals surface area contributed by atoms with Gasteiger partial charge in [0.1, 0.15) is 5.69 Å². The topological polar surface area (TPSA) is 99.0 Å². The van der Waals surface area contributed by atoms with E-state index in [1.165, 1.54) is 12.8 Å². The van der Waals surface area contributed by atoms with Crippen molar-refractivity contribution in [3.05, 3.63) is 15.8 Å². The lowest BCUT2D eigenvalue weighted by molar-refractivity contribution is -0.384. The lowest BCUT2D eigenvalue weighted by Gasteiger charge is -2.23. The summed E-state index contributed by atoms with van der Waals surface area (Å²) < 4.78 is 1.57. The van der Waals surface area contributed by atoms with Crippen molar-refractivity contribution in [3.63, 3.8) is 0 Å². The van der Waals surface area contributed by atoms with Crippen LogP contribution in [0.15, 0.2) is 0 Å². The quantitative estimate of drug-likeness (QED) is 0.620. The van der Waals surface area contributed by atoms with E-state index in [0.29, 0.717) is 24.0 Å².